The quantitative estimate of drug-likeness (QED) is 0.834. The first-order valence-corrected chi connectivity index (χ1v) is 6.36. The molecular weight excluding hydrogens is 324 g/mol. The normalized spacial score (nSPS) is 10.4. The number of benzene rings is 2. The molecule has 18 heavy (non-hydrogen) atoms. The van der Waals surface area contributed by atoms with Gasteiger partial charge in [0, 0.05) is 17.3 Å². The van der Waals surface area contributed by atoms with Gasteiger partial charge in [0.15, 0.2) is 0 Å². The molecule has 0 aliphatic carbocycles. The van der Waals surface area contributed by atoms with E-state index in [0.717, 1.165) is 5.69 Å². The van der Waals surface area contributed by atoms with Crippen LogP contribution in [0.15, 0.2) is 40.9 Å². The third kappa shape index (κ3) is 3.21. The van der Waals surface area contributed by atoms with Gasteiger partial charge in [-0.3, -0.25) is 0 Å². The summed E-state index contributed by atoms with van der Waals surface area (Å²) in [5.74, 6) is -0.666. The maximum atomic E-state index is 13.0. The molecule has 1 N–H and O–H groups in total. The highest BCUT2D eigenvalue weighted by atomic mass is 79.9. The number of nitrogens with one attached hydrogen (secondary N) is 1. The van der Waals surface area contributed by atoms with Crippen molar-refractivity contribution in [1.29, 1.82) is 0 Å². The Hall–Kier alpha value is -1.13. The second-order valence-corrected chi connectivity index (χ2v) is 4.98. The Balaban J connectivity index is 2.11. The zero-order chi connectivity index (χ0) is 13.1. The average Bonchev–Trinajstić information content (AvgIpc) is 2.34. The highest BCUT2D eigenvalue weighted by Crippen LogP contribution is 2.22. The third-order valence-corrected chi connectivity index (χ3v) is 3.39. The second kappa shape index (κ2) is 5.67. The Bertz CT molecular complexity index is 575. The van der Waals surface area contributed by atoms with Gasteiger partial charge in [0.05, 0.1) is 4.47 Å². The fraction of sp³-hybridized carbons (Fsp3) is 0.0769. The van der Waals surface area contributed by atoms with Crippen LogP contribution in [0.1, 0.15) is 5.56 Å². The molecule has 0 aromatic heterocycles. The van der Waals surface area contributed by atoms with Crippen LogP contribution >= 0.6 is 27.5 Å². The van der Waals surface area contributed by atoms with Crippen molar-refractivity contribution < 1.29 is 8.78 Å². The Kier molecular flexibility index (Phi) is 4.19. The van der Waals surface area contributed by atoms with E-state index >= 15 is 0 Å². The summed E-state index contributed by atoms with van der Waals surface area (Å²) >= 11 is 9.04. The molecule has 2 rings (SSSR count). The van der Waals surface area contributed by atoms with Crippen LogP contribution < -0.4 is 5.32 Å². The largest absolute Gasteiger partial charge is 0.381 e. The van der Waals surface area contributed by atoms with Crippen LogP contribution in [0.4, 0.5) is 14.5 Å². The summed E-state index contributed by atoms with van der Waals surface area (Å²) < 4.78 is 26.5. The number of halogens is 4. The molecule has 0 saturated carbocycles. The van der Waals surface area contributed by atoms with Gasteiger partial charge in [-0.1, -0.05) is 11.6 Å². The minimum absolute atomic E-state index is 0.329. The Morgan fingerprint density at radius 2 is 1.89 bits per heavy atom. The fourth-order valence-electron chi connectivity index (χ4n) is 1.48. The maximum Gasteiger partial charge on any atom is 0.137 e. The highest BCUT2D eigenvalue weighted by Gasteiger charge is 2.04. The number of anilines is 1. The molecule has 0 aliphatic heterocycles. The minimum atomic E-state index is -0.337. The molecule has 0 unspecified atom stereocenters. The van der Waals surface area contributed by atoms with E-state index in [4.69, 9.17) is 11.6 Å². The lowest BCUT2D eigenvalue weighted by Crippen LogP contribution is -2.00. The standard InChI is InChI=1S/C13H9BrClF2N/c14-11-6-10(2-4-13(11)17)18-7-8-5-9(16)1-3-12(8)15/h1-6,18H,7H2. The minimum Gasteiger partial charge on any atom is -0.381 e. The predicted octanol–water partition coefficient (Wildman–Crippen LogP) is 4.99. The van der Waals surface area contributed by atoms with Crippen LogP contribution in [0.5, 0.6) is 0 Å². The molecular formula is C13H9BrClF2N. The molecule has 0 amide bonds. The van der Waals surface area contributed by atoms with Crippen molar-refractivity contribution in [2.24, 2.45) is 0 Å². The first kappa shape index (κ1) is 13.3. The van der Waals surface area contributed by atoms with E-state index in [1.54, 1.807) is 12.1 Å². The molecule has 0 heterocycles. The molecule has 94 valence electrons. The topological polar surface area (TPSA) is 12.0 Å². The van der Waals surface area contributed by atoms with Gasteiger partial charge in [-0.15, -0.1) is 0 Å². The van der Waals surface area contributed by atoms with E-state index in [-0.39, 0.29) is 11.6 Å². The van der Waals surface area contributed by atoms with Gasteiger partial charge in [-0.05, 0) is 57.9 Å². The van der Waals surface area contributed by atoms with Crippen molar-refractivity contribution >= 4 is 33.2 Å². The molecule has 0 aliphatic rings. The molecule has 0 fully saturated rings. The zero-order valence-electron chi connectivity index (χ0n) is 9.18. The van der Waals surface area contributed by atoms with Crippen molar-refractivity contribution in [1.82, 2.24) is 0 Å². The van der Waals surface area contributed by atoms with Gasteiger partial charge in [-0.2, -0.15) is 0 Å². The molecule has 2 aromatic rings. The maximum absolute atomic E-state index is 13.0. The smallest absolute Gasteiger partial charge is 0.137 e. The summed E-state index contributed by atoms with van der Waals surface area (Å²) in [5, 5.41) is 3.54. The number of hydrogen-bond acceptors (Lipinski definition) is 1. The Labute approximate surface area is 117 Å². The molecule has 0 saturated heterocycles. The first-order valence-electron chi connectivity index (χ1n) is 5.19. The second-order valence-electron chi connectivity index (χ2n) is 3.72. The Morgan fingerprint density at radius 1 is 1.11 bits per heavy atom. The monoisotopic (exact) mass is 331 g/mol. The number of rotatable bonds is 3. The molecule has 0 spiro atoms. The predicted molar refractivity (Wildman–Crippen MR) is 72.8 cm³/mol. The lowest BCUT2D eigenvalue weighted by atomic mass is 10.2. The first-order chi connectivity index (χ1) is 8.56. The van der Waals surface area contributed by atoms with Crippen LogP contribution in [-0.4, -0.2) is 0 Å². The van der Waals surface area contributed by atoms with Gasteiger partial charge in [0.2, 0.25) is 0 Å². The van der Waals surface area contributed by atoms with Gasteiger partial charge in [0.1, 0.15) is 11.6 Å². The third-order valence-electron chi connectivity index (χ3n) is 2.41. The summed E-state index contributed by atoms with van der Waals surface area (Å²) in [6, 6.07) is 8.75. The highest BCUT2D eigenvalue weighted by molar-refractivity contribution is 9.10. The van der Waals surface area contributed by atoms with E-state index in [1.807, 2.05) is 0 Å². The zero-order valence-corrected chi connectivity index (χ0v) is 11.5. The summed E-state index contributed by atoms with van der Waals surface area (Å²) in [7, 11) is 0. The van der Waals surface area contributed by atoms with Crippen molar-refractivity contribution in [2.45, 2.75) is 6.54 Å². The summed E-state index contributed by atoms with van der Waals surface area (Å²) in [5.41, 5.74) is 1.38. The van der Waals surface area contributed by atoms with Crippen LogP contribution in [-0.2, 0) is 6.54 Å². The van der Waals surface area contributed by atoms with Gasteiger partial charge in [-0.25, -0.2) is 8.78 Å². The van der Waals surface area contributed by atoms with Crippen molar-refractivity contribution in [3.05, 3.63) is 63.1 Å². The average molecular weight is 333 g/mol. The molecule has 5 heteroatoms. The summed E-state index contributed by atoms with van der Waals surface area (Å²) in [6.07, 6.45) is 0. The van der Waals surface area contributed by atoms with E-state index in [0.29, 0.717) is 21.6 Å². The van der Waals surface area contributed by atoms with Gasteiger partial charge < -0.3 is 5.32 Å². The van der Waals surface area contributed by atoms with Crippen LogP contribution in [0, 0.1) is 11.6 Å². The van der Waals surface area contributed by atoms with E-state index < -0.39 is 0 Å². The molecule has 0 radical (unpaired) electrons. The van der Waals surface area contributed by atoms with Gasteiger partial charge in [0.25, 0.3) is 0 Å². The van der Waals surface area contributed by atoms with Crippen molar-refractivity contribution in [2.75, 3.05) is 5.32 Å². The lowest BCUT2D eigenvalue weighted by molar-refractivity contribution is 0.621. The van der Waals surface area contributed by atoms with Crippen LogP contribution in [0.3, 0.4) is 0 Å². The lowest BCUT2D eigenvalue weighted by Gasteiger charge is -2.09. The van der Waals surface area contributed by atoms with Crippen molar-refractivity contribution in [3.8, 4) is 0 Å². The molecule has 0 atom stereocenters. The van der Waals surface area contributed by atoms with Gasteiger partial charge >= 0.3 is 0 Å². The SMILES string of the molecule is Fc1ccc(Cl)c(CNc2ccc(F)c(Br)c2)c1. The van der Waals surface area contributed by atoms with Crippen molar-refractivity contribution in [3.63, 3.8) is 0 Å². The summed E-state index contributed by atoms with van der Waals surface area (Å²) in [4.78, 5) is 0. The molecule has 1 nitrogen and oxygen atoms in total. The van der Waals surface area contributed by atoms with Crippen LogP contribution in [0.25, 0.3) is 0 Å². The fourth-order valence-corrected chi connectivity index (χ4v) is 2.05. The molecule has 2 aromatic carbocycles. The van der Waals surface area contributed by atoms with E-state index in [1.165, 1.54) is 24.3 Å². The van der Waals surface area contributed by atoms with Crippen LogP contribution in [0.2, 0.25) is 5.02 Å². The Morgan fingerprint density at radius 3 is 2.61 bits per heavy atom. The number of hydrogen-bond donors (Lipinski definition) is 1. The van der Waals surface area contributed by atoms with E-state index in [9.17, 15) is 8.78 Å². The van der Waals surface area contributed by atoms with E-state index in [2.05, 4.69) is 21.2 Å². The molecule has 0 bridgehead atoms. The summed E-state index contributed by atoms with van der Waals surface area (Å²) in [6.45, 7) is 0.370.